The Hall–Kier alpha value is -3.28. The number of rotatable bonds is 4. The van der Waals surface area contributed by atoms with E-state index in [-0.39, 0.29) is 18.6 Å². The highest BCUT2D eigenvalue weighted by molar-refractivity contribution is 6.04. The van der Waals surface area contributed by atoms with E-state index >= 15 is 0 Å². The normalized spacial score (nSPS) is 15.8. The Morgan fingerprint density at radius 2 is 1.96 bits per heavy atom. The molecule has 0 aliphatic carbocycles. The van der Waals surface area contributed by atoms with Crippen LogP contribution in [0, 0.1) is 0 Å². The van der Waals surface area contributed by atoms with E-state index in [1.54, 1.807) is 6.20 Å². The number of nitrogens with one attached hydrogen (secondary N) is 2. The molecule has 1 amide bonds. The van der Waals surface area contributed by atoms with E-state index in [1.807, 2.05) is 48.5 Å². The molecule has 0 radical (unpaired) electrons. The van der Waals surface area contributed by atoms with Crippen LogP contribution in [0.5, 0.6) is 5.75 Å². The topological polar surface area (TPSA) is 80.4 Å². The molecule has 1 aliphatic heterocycles. The van der Waals surface area contributed by atoms with Crippen LogP contribution in [-0.2, 0) is 9.53 Å². The Morgan fingerprint density at radius 1 is 1.15 bits per heavy atom. The highest BCUT2D eigenvalue weighted by Gasteiger charge is 2.23. The van der Waals surface area contributed by atoms with Gasteiger partial charge in [0, 0.05) is 29.1 Å². The van der Waals surface area contributed by atoms with E-state index < -0.39 is 5.97 Å². The molecule has 6 nitrogen and oxygen atoms in total. The fourth-order valence-corrected chi connectivity index (χ4v) is 3.18. The summed E-state index contributed by atoms with van der Waals surface area (Å²) < 4.78 is 10.8. The quantitative estimate of drug-likeness (QED) is 0.709. The number of carbonyl (C=O) groups excluding carboxylic acids is 2. The SMILES string of the molecule is O=C(COC(=O)c1c[nH]c2ccccc12)NC1CCOc2ccccc21. The van der Waals surface area contributed by atoms with Gasteiger partial charge in [-0.2, -0.15) is 0 Å². The molecule has 0 saturated heterocycles. The molecular weight excluding hydrogens is 332 g/mol. The number of carbonyl (C=O) groups is 2. The lowest BCUT2D eigenvalue weighted by atomic mass is 10.0. The van der Waals surface area contributed by atoms with Crippen LogP contribution in [0.2, 0.25) is 0 Å². The zero-order valence-corrected chi connectivity index (χ0v) is 14.0. The second-order valence-electron chi connectivity index (χ2n) is 6.12. The van der Waals surface area contributed by atoms with Gasteiger partial charge >= 0.3 is 5.97 Å². The number of amides is 1. The largest absolute Gasteiger partial charge is 0.493 e. The van der Waals surface area contributed by atoms with Crippen molar-refractivity contribution in [1.29, 1.82) is 0 Å². The number of esters is 1. The van der Waals surface area contributed by atoms with Crippen molar-refractivity contribution < 1.29 is 19.1 Å². The van der Waals surface area contributed by atoms with Gasteiger partial charge in [-0.3, -0.25) is 4.79 Å². The average Bonchev–Trinajstić information content (AvgIpc) is 3.11. The number of benzene rings is 2. The molecule has 1 unspecified atom stereocenters. The number of H-pyrrole nitrogens is 1. The van der Waals surface area contributed by atoms with Gasteiger partial charge in [0.2, 0.25) is 0 Å². The summed E-state index contributed by atoms with van der Waals surface area (Å²) in [6.45, 7) is 0.217. The summed E-state index contributed by atoms with van der Waals surface area (Å²) in [6, 6.07) is 14.9. The van der Waals surface area contributed by atoms with Crippen molar-refractivity contribution in [3.8, 4) is 5.75 Å². The third kappa shape index (κ3) is 3.13. The van der Waals surface area contributed by atoms with Crippen LogP contribution in [0.25, 0.3) is 10.9 Å². The Bertz CT molecular complexity index is 963. The second kappa shape index (κ2) is 6.92. The maximum atomic E-state index is 12.3. The molecule has 0 fully saturated rings. The number of para-hydroxylation sites is 2. The summed E-state index contributed by atoms with van der Waals surface area (Å²) in [5, 5.41) is 3.68. The van der Waals surface area contributed by atoms with Gasteiger partial charge in [0.25, 0.3) is 5.91 Å². The predicted molar refractivity (Wildman–Crippen MR) is 96.0 cm³/mol. The molecule has 0 saturated carbocycles. The summed E-state index contributed by atoms with van der Waals surface area (Å²) in [6.07, 6.45) is 2.28. The highest BCUT2D eigenvalue weighted by atomic mass is 16.5. The number of ether oxygens (including phenoxy) is 2. The second-order valence-corrected chi connectivity index (χ2v) is 6.12. The van der Waals surface area contributed by atoms with E-state index in [1.165, 1.54) is 0 Å². The Kier molecular flexibility index (Phi) is 4.31. The molecule has 2 aromatic carbocycles. The highest BCUT2D eigenvalue weighted by Crippen LogP contribution is 2.31. The van der Waals surface area contributed by atoms with E-state index in [9.17, 15) is 9.59 Å². The van der Waals surface area contributed by atoms with Gasteiger partial charge in [-0.15, -0.1) is 0 Å². The number of hydrogen-bond acceptors (Lipinski definition) is 4. The van der Waals surface area contributed by atoms with E-state index in [0.29, 0.717) is 18.6 Å². The number of fused-ring (bicyclic) bond motifs is 2. The minimum atomic E-state index is -0.523. The van der Waals surface area contributed by atoms with Crippen molar-refractivity contribution in [2.24, 2.45) is 0 Å². The van der Waals surface area contributed by atoms with Gasteiger partial charge in [-0.1, -0.05) is 36.4 Å². The molecule has 26 heavy (non-hydrogen) atoms. The molecule has 4 rings (SSSR count). The van der Waals surface area contributed by atoms with Gasteiger partial charge in [-0.25, -0.2) is 4.79 Å². The average molecular weight is 350 g/mol. The minimum absolute atomic E-state index is 0.140. The molecular formula is C20H18N2O4. The maximum absolute atomic E-state index is 12.3. The number of hydrogen-bond donors (Lipinski definition) is 2. The van der Waals surface area contributed by atoms with Gasteiger partial charge in [0.15, 0.2) is 6.61 Å². The molecule has 2 N–H and O–H groups in total. The van der Waals surface area contributed by atoms with Crippen molar-refractivity contribution in [2.75, 3.05) is 13.2 Å². The van der Waals surface area contributed by atoms with E-state index in [0.717, 1.165) is 22.2 Å². The molecule has 1 aliphatic rings. The fourth-order valence-electron chi connectivity index (χ4n) is 3.18. The van der Waals surface area contributed by atoms with Crippen LogP contribution in [0.4, 0.5) is 0 Å². The van der Waals surface area contributed by atoms with Crippen molar-refractivity contribution >= 4 is 22.8 Å². The third-order valence-electron chi connectivity index (χ3n) is 4.44. The third-order valence-corrected chi connectivity index (χ3v) is 4.44. The Labute approximate surface area is 150 Å². The van der Waals surface area contributed by atoms with E-state index in [4.69, 9.17) is 9.47 Å². The van der Waals surface area contributed by atoms with Crippen molar-refractivity contribution in [3.05, 3.63) is 65.9 Å². The van der Waals surface area contributed by atoms with Crippen LogP contribution in [0.15, 0.2) is 54.7 Å². The monoisotopic (exact) mass is 350 g/mol. The zero-order chi connectivity index (χ0) is 17.9. The molecule has 1 aromatic heterocycles. The van der Waals surface area contributed by atoms with Gasteiger partial charge in [0.05, 0.1) is 18.2 Å². The summed E-state index contributed by atoms with van der Waals surface area (Å²) in [4.78, 5) is 27.5. The molecule has 0 spiro atoms. The van der Waals surface area contributed by atoms with Crippen LogP contribution >= 0.6 is 0 Å². The summed E-state index contributed by atoms with van der Waals surface area (Å²) in [7, 11) is 0. The molecule has 1 atom stereocenters. The Balaban J connectivity index is 1.38. The lowest BCUT2D eigenvalue weighted by Crippen LogP contribution is -2.35. The van der Waals surface area contributed by atoms with Crippen LogP contribution in [-0.4, -0.2) is 30.1 Å². The number of aromatic nitrogens is 1. The van der Waals surface area contributed by atoms with Crippen molar-refractivity contribution in [2.45, 2.75) is 12.5 Å². The minimum Gasteiger partial charge on any atom is -0.493 e. The van der Waals surface area contributed by atoms with Gasteiger partial charge in [0.1, 0.15) is 5.75 Å². The predicted octanol–water partition coefficient (Wildman–Crippen LogP) is 2.96. The summed E-state index contributed by atoms with van der Waals surface area (Å²) >= 11 is 0. The molecule has 0 bridgehead atoms. The lowest BCUT2D eigenvalue weighted by Gasteiger charge is -2.26. The molecule has 3 aromatic rings. The van der Waals surface area contributed by atoms with Crippen molar-refractivity contribution in [3.63, 3.8) is 0 Å². The van der Waals surface area contributed by atoms with Gasteiger partial charge in [-0.05, 0) is 12.1 Å². The van der Waals surface area contributed by atoms with Crippen molar-refractivity contribution in [1.82, 2.24) is 10.3 Å². The van der Waals surface area contributed by atoms with Crippen LogP contribution in [0.3, 0.4) is 0 Å². The maximum Gasteiger partial charge on any atom is 0.340 e. The summed E-state index contributed by atoms with van der Waals surface area (Å²) in [5.41, 5.74) is 2.21. The molecule has 6 heteroatoms. The molecule has 2 heterocycles. The summed E-state index contributed by atoms with van der Waals surface area (Å²) in [5.74, 6) is -0.0790. The first-order chi connectivity index (χ1) is 12.7. The van der Waals surface area contributed by atoms with E-state index in [2.05, 4.69) is 10.3 Å². The smallest absolute Gasteiger partial charge is 0.340 e. The number of aromatic amines is 1. The lowest BCUT2D eigenvalue weighted by molar-refractivity contribution is -0.125. The van der Waals surface area contributed by atoms with Crippen LogP contribution in [0.1, 0.15) is 28.4 Å². The standard InChI is InChI=1S/C20H18N2O4/c23-19(22-17-9-10-25-18-8-4-2-6-14(17)18)12-26-20(24)15-11-21-16-7-3-1-5-13(15)16/h1-8,11,17,21H,9-10,12H2,(H,22,23). The first kappa shape index (κ1) is 16.2. The Morgan fingerprint density at radius 3 is 2.88 bits per heavy atom. The fraction of sp³-hybridized carbons (Fsp3) is 0.200. The molecule has 132 valence electrons. The van der Waals surface area contributed by atoms with Crippen LogP contribution < -0.4 is 10.1 Å². The van der Waals surface area contributed by atoms with Gasteiger partial charge < -0.3 is 19.8 Å². The zero-order valence-electron chi connectivity index (χ0n) is 14.0. The first-order valence-electron chi connectivity index (χ1n) is 8.47. The first-order valence-corrected chi connectivity index (χ1v) is 8.47.